The van der Waals surface area contributed by atoms with Gasteiger partial charge in [0, 0.05) is 6.04 Å². The molecule has 1 aromatic carbocycles. The molecule has 1 fully saturated rings. The van der Waals surface area contributed by atoms with Crippen LogP contribution in [0.3, 0.4) is 0 Å². The van der Waals surface area contributed by atoms with E-state index in [0.29, 0.717) is 6.42 Å². The topological polar surface area (TPSA) is 44.5 Å². The molecule has 1 aliphatic rings. The molecule has 3 nitrogen and oxygen atoms in total. The summed E-state index contributed by atoms with van der Waals surface area (Å²) in [5.74, 6) is -0.0516. The van der Waals surface area contributed by atoms with Gasteiger partial charge in [0.15, 0.2) is 8.32 Å². The molecular weight excluding hydrogens is 359 g/mol. The zero-order valence-corrected chi connectivity index (χ0v) is 17.2. The van der Waals surface area contributed by atoms with Gasteiger partial charge in [-0.05, 0) is 61.0 Å². The Hall–Kier alpha value is -1.05. The fourth-order valence-corrected chi connectivity index (χ4v) is 4.55. The molecule has 0 heterocycles. The highest BCUT2D eigenvalue weighted by molar-refractivity contribution is 6.74. The van der Waals surface area contributed by atoms with Crippen LogP contribution in [0, 0.1) is 0 Å². The molecule has 1 aromatic rings. The number of alkyl halides is 3. The molecule has 3 atom stereocenters. The van der Waals surface area contributed by atoms with Crippen molar-refractivity contribution in [2.24, 2.45) is 5.73 Å². The third-order valence-electron chi connectivity index (χ3n) is 5.65. The van der Waals surface area contributed by atoms with E-state index in [-0.39, 0.29) is 28.9 Å². The van der Waals surface area contributed by atoms with Crippen LogP contribution in [0.4, 0.5) is 13.2 Å². The number of halogens is 3. The minimum absolute atomic E-state index is 0.0155. The summed E-state index contributed by atoms with van der Waals surface area (Å²) in [4.78, 5) is 0. The normalized spacial score (nSPS) is 25.2. The lowest BCUT2D eigenvalue weighted by molar-refractivity contribution is -0.274. The van der Waals surface area contributed by atoms with Crippen molar-refractivity contribution in [1.82, 2.24) is 0 Å². The van der Waals surface area contributed by atoms with Gasteiger partial charge in [0.1, 0.15) is 5.75 Å². The van der Waals surface area contributed by atoms with Crippen molar-refractivity contribution in [3.63, 3.8) is 0 Å². The number of hydrogen-bond donors (Lipinski definition) is 1. The maximum atomic E-state index is 12.4. The summed E-state index contributed by atoms with van der Waals surface area (Å²) < 4.78 is 47.8. The zero-order valence-electron chi connectivity index (χ0n) is 16.2. The van der Waals surface area contributed by atoms with Gasteiger partial charge in [0.05, 0.1) is 6.10 Å². The monoisotopic (exact) mass is 389 g/mol. The smallest absolute Gasteiger partial charge is 0.412 e. The Balaban J connectivity index is 2.04. The molecular formula is C19H30F3NO2Si. The molecule has 0 unspecified atom stereocenters. The molecule has 0 saturated heterocycles. The predicted octanol–water partition coefficient (Wildman–Crippen LogP) is 5.57. The van der Waals surface area contributed by atoms with Crippen LogP contribution in [-0.2, 0) is 4.43 Å². The summed E-state index contributed by atoms with van der Waals surface area (Å²) in [6.45, 7) is 11.0. The highest BCUT2D eigenvalue weighted by atomic mass is 28.4. The lowest BCUT2D eigenvalue weighted by Crippen LogP contribution is -2.51. The van der Waals surface area contributed by atoms with Gasteiger partial charge in [-0.3, -0.25) is 0 Å². The quantitative estimate of drug-likeness (QED) is 0.685. The van der Waals surface area contributed by atoms with E-state index < -0.39 is 14.7 Å². The Morgan fingerprint density at radius 2 is 1.77 bits per heavy atom. The molecule has 0 spiro atoms. The number of nitrogens with two attached hydrogens (primary N) is 1. The van der Waals surface area contributed by atoms with Crippen LogP contribution in [-0.4, -0.2) is 26.8 Å². The second-order valence-corrected chi connectivity index (χ2v) is 13.5. The average Bonchev–Trinajstić information content (AvgIpc) is 2.46. The summed E-state index contributed by atoms with van der Waals surface area (Å²) in [5.41, 5.74) is 7.22. The van der Waals surface area contributed by atoms with Crippen LogP contribution < -0.4 is 10.5 Å². The lowest BCUT2D eigenvalue weighted by Gasteiger charge is -2.43. The van der Waals surface area contributed by atoms with Crippen LogP contribution in [0.1, 0.15) is 51.5 Å². The first kappa shape index (κ1) is 21.2. The van der Waals surface area contributed by atoms with E-state index in [2.05, 4.69) is 38.6 Å². The van der Waals surface area contributed by atoms with Gasteiger partial charge in [-0.1, -0.05) is 32.9 Å². The molecule has 0 bridgehead atoms. The molecule has 0 radical (unpaired) electrons. The summed E-state index contributed by atoms with van der Waals surface area (Å²) in [5, 5.41) is 0.118. The predicted molar refractivity (Wildman–Crippen MR) is 99.8 cm³/mol. The van der Waals surface area contributed by atoms with Gasteiger partial charge >= 0.3 is 6.36 Å². The van der Waals surface area contributed by atoms with E-state index in [4.69, 9.17) is 10.2 Å². The van der Waals surface area contributed by atoms with Crippen molar-refractivity contribution in [2.45, 2.75) is 82.6 Å². The summed E-state index contributed by atoms with van der Waals surface area (Å²) >= 11 is 0. The second kappa shape index (κ2) is 7.52. The molecule has 0 amide bonds. The van der Waals surface area contributed by atoms with Gasteiger partial charge in [0.25, 0.3) is 0 Å². The Labute approximate surface area is 155 Å². The van der Waals surface area contributed by atoms with Gasteiger partial charge in [-0.15, -0.1) is 13.2 Å². The minimum Gasteiger partial charge on any atom is -0.412 e. The van der Waals surface area contributed by atoms with Crippen molar-refractivity contribution in [3.05, 3.63) is 29.8 Å². The van der Waals surface area contributed by atoms with Gasteiger partial charge in [-0.25, -0.2) is 0 Å². The standard InChI is InChI=1S/C19H30F3NO2Si/c1-18(2,3)26(4,5)25-17-10-9-14(12-16(17)23)13-7-6-8-15(11-13)24-19(20,21)22/h6-8,11,14,16-17H,9-10,12,23H2,1-5H3/t14-,16-,17-/m0/s1. The van der Waals surface area contributed by atoms with E-state index in [9.17, 15) is 13.2 Å². The third kappa shape index (κ3) is 5.47. The molecule has 0 aromatic heterocycles. The fraction of sp³-hybridized carbons (Fsp3) is 0.684. The summed E-state index contributed by atoms with van der Waals surface area (Å²) in [6.07, 6.45) is -2.29. The highest BCUT2D eigenvalue weighted by Crippen LogP contribution is 2.41. The molecule has 148 valence electrons. The van der Waals surface area contributed by atoms with Crippen molar-refractivity contribution in [3.8, 4) is 5.75 Å². The van der Waals surface area contributed by atoms with E-state index in [0.717, 1.165) is 18.4 Å². The molecule has 26 heavy (non-hydrogen) atoms. The van der Waals surface area contributed by atoms with Crippen molar-refractivity contribution in [2.75, 3.05) is 0 Å². The van der Waals surface area contributed by atoms with Crippen molar-refractivity contribution in [1.29, 1.82) is 0 Å². The number of benzene rings is 1. The van der Waals surface area contributed by atoms with Crippen molar-refractivity contribution >= 4 is 8.32 Å². The van der Waals surface area contributed by atoms with Crippen molar-refractivity contribution < 1.29 is 22.3 Å². The van der Waals surface area contributed by atoms with E-state index in [1.807, 2.05) is 6.07 Å². The minimum atomic E-state index is -4.68. The Morgan fingerprint density at radius 1 is 1.12 bits per heavy atom. The van der Waals surface area contributed by atoms with Crippen LogP contribution in [0.25, 0.3) is 0 Å². The molecule has 1 aliphatic carbocycles. The highest BCUT2D eigenvalue weighted by Gasteiger charge is 2.41. The number of hydrogen-bond acceptors (Lipinski definition) is 3. The first-order chi connectivity index (χ1) is 11.8. The Morgan fingerprint density at radius 3 is 2.31 bits per heavy atom. The third-order valence-corrected chi connectivity index (χ3v) is 10.2. The van der Waals surface area contributed by atoms with Crippen LogP contribution in [0.15, 0.2) is 24.3 Å². The molecule has 2 rings (SSSR count). The Kier molecular flexibility index (Phi) is 6.15. The maximum absolute atomic E-state index is 12.4. The van der Waals surface area contributed by atoms with Crippen LogP contribution in [0.5, 0.6) is 5.75 Å². The SMILES string of the molecule is CC(C)(C)[Si](C)(C)O[C@H]1CC[C@H](c2cccc(OC(F)(F)F)c2)C[C@@H]1N. The van der Waals surface area contributed by atoms with Gasteiger partial charge in [-0.2, -0.15) is 0 Å². The van der Waals surface area contributed by atoms with Crippen LogP contribution >= 0.6 is 0 Å². The first-order valence-electron chi connectivity index (χ1n) is 9.07. The largest absolute Gasteiger partial charge is 0.573 e. The zero-order chi connectivity index (χ0) is 19.8. The lowest BCUT2D eigenvalue weighted by atomic mass is 9.80. The summed E-state index contributed by atoms with van der Waals surface area (Å²) in [6, 6.07) is 6.12. The van der Waals surface area contributed by atoms with Crippen LogP contribution in [0.2, 0.25) is 18.1 Å². The molecule has 7 heteroatoms. The average molecular weight is 390 g/mol. The Bertz CT molecular complexity index is 614. The number of rotatable bonds is 4. The van der Waals surface area contributed by atoms with Gasteiger partial charge in [0.2, 0.25) is 0 Å². The maximum Gasteiger partial charge on any atom is 0.573 e. The molecule has 0 aliphatic heterocycles. The van der Waals surface area contributed by atoms with E-state index in [1.165, 1.54) is 12.1 Å². The summed E-state index contributed by atoms with van der Waals surface area (Å²) in [7, 11) is -1.90. The fourth-order valence-electron chi connectivity index (χ4n) is 3.15. The second-order valence-electron chi connectivity index (χ2n) is 8.71. The molecule has 1 saturated carbocycles. The van der Waals surface area contributed by atoms with E-state index >= 15 is 0 Å². The van der Waals surface area contributed by atoms with Gasteiger partial charge < -0.3 is 14.9 Å². The number of ether oxygens (including phenoxy) is 1. The van der Waals surface area contributed by atoms with E-state index in [1.54, 1.807) is 6.07 Å². The molecule has 2 N–H and O–H groups in total. The first-order valence-corrected chi connectivity index (χ1v) is 12.0.